The van der Waals surface area contributed by atoms with Crippen LogP contribution in [0, 0.1) is 17.9 Å². The van der Waals surface area contributed by atoms with Crippen molar-refractivity contribution in [1.29, 1.82) is 0 Å². The number of unbranched alkanes of at least 4 members (excludes halogenated alkanes) is 1. The zero-order valence-electron chi connectivity index (χ0n) is 29.5. The summed E-state index contributed by atoms with van der Waals surface area (Å²) >= 11 is 0. The number of aryl methyl sites for hydroxylation is 2. The van der Waals surface area contributed by atoms with E-state index in [4.69, 9.17) is 19.9 Å². The van der Waals surface area contributed by atoms with E-state index in [1.807, 2.05) is 48.5 Å². The molecule has 3 aliphatic rings. The van der Waals surface area contributed by atoms with Crippen LogP contribution in [0.4, 0.5) is 5.69 Å². The van der Waals surface area contributed by atoms with Gasteiger partial charge >= 0.3 is 0 Å². The first-order chi connectivity index (χ1) is 24.8. The first-order valence-corrected chi connectivity index (χ1v) is 17.8. The molecular formula is C43H47N3O5. The van der Waals surface area contributed by atoms with Gasteiger partial charge in [-0.05, 0) is 114 Å². The van der Waals surface area contributed by atoms with Crippen LogP contribution in [0.1, 0.15) is 67.2 Å². The van der Waals surface area contributed by atoms with Gasteiger partial charge in [0.25, 0.3) is 0 Å². The van der Waals surface area contributed by atoms with Crippen LogP contribution >= 0.6 is 0 Å². The van der Waals surface area contributed by atoms with Crippen molar-refractivity contribution in [2.45, 2.75) is 76.4 Å². The van der Waals surface area contributed by atoms with Crippen molar-refractivity contribution in [3.63, 3.8) is 0 Å². The zero-order valence-corrected chi connectivity index (χ0v) is 29.5. The monoisotopic (exact) mass is 685 g/mol. The van der Waals surface area contributed by atoms with Gasteiger partial charge in [-0.3, -0.25) is 9.79 Å². The molecular weight excluding hydrogens is 638 g/mol. The molecule has 0 fully saturated rings. The van der Waals surface area contributed by atoms with Gasteiger partial charge in [-0.25, -0.2) is 0 Å². The fourth-order valence-electron chi connectivity index (χ4n) is 7.00. The van der Waals surface area contributed by atoms with Gasteiger partial charge in [0.15, 0.2) is 17.5 Å². The van der Waals surface area contributed by atoms with E-state index >= 15 is 0 Å². The van der Waals surface area contributed by atoms with Gasteiger partial charge in [0.1, 0.15) is 29.8 Å². The molecule has 264 valence electrons. The average Bonchev–Trinajstić information content (AvgIpc) is 3.14. The van der Waals surface area contributed by atoms with Crippen LogP contribution in [0.2, 0.25) is 0 Å². The fourth-order valence-corrected chi connectivity index (χ4v) is 7.00. The molecule has 0 amide bonds. The fraction of sp³-hybridized carbons (Fsp3) is 0.349. The summed E-state index contributed by atoms with van der Waals surface area (Å²) in [4.78, 5) is 17.5. The summed E-state index contributed by atoms with van der Waals surface area (Å²) in [7, 11) is 3.29. The molecule has 1 spiro atoms. The Labute approximate surface area is 300 Å². The Hall–Kier alpha value is -5.42. The van der Waals surface area contributed by atoms with E-state index in [1.165, 1.54) is 5.56 Å². The van der Waals surface area contributed by atoms with Crippen LogP contribution < -0.4 is 20.5 Å². The third-order valence-electron chi connectivity index (χ3n) is 9.92. The van der Waals surface area contributed by atoms with Crippen LogP contribution in [0.5, 0.6) is 17.2 Å². The quantitative estimate of drug-likeness (QED) is 0.0593. The predicted molar refractivity (Wildman–Crippen MR) is 203 cm³/mol. The second-order valence-corrected chi connectivity index (χ2v) is 13.6. The number of rotatable bonds is 7. The summed E-state index contributed by atoms with van der Waals surface area (Å²) in [6.45, 7) is 0.352. The Kier molecular flexibility index (Phi) is 11.5. The number of phenols is 1. The number of carbonyl (C=O) groups is 1. The normalized spacial score (nSPS) is 19.4. The minimum atomic E-state index is -0.787. The van der Waals surface area contributed by atoms with Gasteiger partial charge in [0, 0.05) is 31.1 Å². The van der Waals surface area contributed by atoms with Crippen LogP contribution in [0.15, 0.2) is 89.9 Å². The predicted octanol–water partition coefficient (Wildman–Crippen LogP) is 8.03. The molecule has 0 aromatic heterocycles. The summed E-state index contributed by atoms with van der Waals surface area (Å²) in [5, 5.41) is 15.8. The number of ether oxygens (including phenoxy) is 3. The molecule has 6 bridgehead atoms. The molecule has 0 saturated carbocycles. The minimum Gasteiger partial charge on any atom is -0.508 e. The summed E-state index contributed by atoms with van der Waals surface area (Å²) in [5.41, 5.74) is 9.99. The van der Waals surface area contributed by atoms with E-state index in [1.54, 1.807) is 20.2 Å². The minimum absolute atomic E-state index is 0.125. The van der Waals surface area contributed by atoms with Crippen LogP contribution in [0.25, 0.3) is 10.8 Å². The van der Waals surface area contributed by atoms with Gasteiger partial charge < -0.3 is 30.4 Å². The topological polar surface area (TPSA) is 115 Å². The molecule has 4 aromatic rings. The molecule has 51 heavy (non-hydrogen) atoms. The van der Waals surface area contributed by atoms with Crippen molar-refractivity contribution in [3.8, 4) is 29.3 Å². The highest BCUT2D eigenvalue weighted by Gasteiger charge is 2.35. The Morgan fingerprint density at radius 2 is 1.96 bits per heavy atom. The molecule has 0 unspecified atom stereocenters. The van der Waals surface area contributed by atoms with Gasteiger partial charge in [-0.2, -0.15) is 0 Å². The van der Waals surface area contributed by atoms with Crippen molar-refractivity contribution in [3.05, 3.63) is 107 Å². The number of phenolic OH excluding ortho intramolecular Hbond substituents is 1. The first-order valence-electron chi connectivity index (χ1n) is 17.8. The standard InChI is InChI=1S/C43H47N3O5/c1-45-42(44)46-35-10-5-9-31(26-35)8-4-3-7-30-20-22-43(23-21-30)28-36(47)16-12-32-14-19-40(49-2)41(27-32)50-29-33-13-17-37-34(25-33)15-18-39(48)38(37)11-6-24-51-43/h5,9-10,13-15,17-20,22,25-27,30,48H,3-4,7-8,11-12,16,21,23,28-29H2,1-2H3,(H3,44,45,46)/t30-,43+/m0/s1. The third-order valence-corrected chi connectivity index (χ3v) is 9.92. The molecule has 0 saturated heterocycles. The van der Waals surface area contributed by atoms with Crippen molar-refractivity contribution >= 4 is 28.2 Å². The number of anilines is 1. The van der Waals surface area contributed by atoms with E-state index in [0.717, 1.165) is 65.3 Å². The number of nitrogens with two attached hydrogens (primary N) is 1. The van der Waals surface area contributed by atoms with Crippen molar-refractivity contribution < 1.29 is 24.1 Å². The summed E-state index contributed by atoms with van der Waals surface area (Å²) in [6, 6.07) is 23.8. The van der Waals surface area contributed by atoms with Crippen molar-refractivity contribution in [2.24, 2.45) is 16.6 Å². The number of benzene rings is 4. The Bertz CT molecular complexity index is 1990. The SMILES string of the molecule is CN=C(N)Nc1cccc(CCCC[C@H]2C=C[C@@]3(CC2)CC(=O)CCc2ccc(OC)c(c2)OCc2ccc4c(c(O)ccc4c2)CC#CO3)c1. The number of carbonyl (C=O) groups excluding carboxylic acids is 1. The number of hydrogen-bond donors (Lipinski definition) is 3. The number of aromatic hydroxyl groups is 1. The number of aliphatic imine (C=N–C) groups is 1. The lowest BCUT2D eigenvalue weighted by molar-refractivity contribution is -0.122. The number of nitrogens with zero attached hydrogens (tertiary/aromatic N) is 1. The smallest absolute Gasteiger partial charge is 0.192 e. The highest BCUT2D eigenvalue weighted by Crippen LogP contribution is 2.36. The van der Waals surface area contributed by atoms with E-state index < -0.39 is 5.60 Å². The molecule has 2 heterocycles. The van der Waals surface area contributed by atoms with Crippen LogP contribution in [-0.4, -0.2) is 36.6 Å². The highest BCUT2D eigenvalue weighted by molar-refractivity contribution is 5.92. The Balaban J connectivity index is 1.17. The number of methoxy groups -OCH3 is 1. The average molecular weight is 686 g/mol. The number of hydrogen-bond acceptors (Lipinski definition) is 6. The van der Waals surface area contributed by atoms with Gasteiger partial charge in [0.05, 0.1) is 13.5 Å². The number of Topliss-reactive ketones (excluding diaryl/α,β-unsaturated/α-hetero) is 1. The molecule has 8 heteroatoms. The van der Waals surface area contributed by atoms with Crippen LogP contribution in [-0.2, 0) is 35.4 Å². The summed E-state index contributed by atoms with van der Waals surface area (Å²) in [5.74, 6) is 5.56. The molecule has 4 N–H and O–H groups in total. The Morgan fingerprint density at radius 1 is 1.08 bits per heavy atom. The molecule has 1 aliphatic carbocycles. The van der Waals surface area contributed by atoms with Crippen molar-refractivity contribution in [1.82, 2.24) is 0 Å². The number of guanidine groups is 1. The molecule has 0 radical (unpaired) electrons. The van der Waals surface area contributed by atoms with E-state index in [0.29, 0.717) is 55.7 Å². The second kappa shape index (κ2) is 16.5. The summed E-state index contributed by atoms with van der Waals surface area (Å²) < 4.78 is 18.1. The maximum Gasteiger partial charge on any atom is 0.192 e. The van der Waals surface area contributed by atoms with Crippen LogP contribution in [0.3, 0.4) is 0 Å². The molecule has 8 nitrogen and oxygen atoms in total. The molecule has 2 atom stereocenters. The largest absolute Gasteiger partial charge is 0.508 e. The maximum atomic E-state index is 13.5. The number of ketones is 1. The highest BCUT2D eigenvalue weighted by atomic mass is 16.5. The molecule has 7 rings (SSSR count). The lowest BCUT2D eigenvalue weighted by atomic mass is 9.79. The van der Waals surface area contributed by atoms with Gasteiger partial charge in [-0.15, -0.1) is 0 Å². The number of nitrogens with one attached hydrogen (secondary N) is 1. The lowest BCUT2D eigenvalue weighted by Gasteiger charge is -2.33. The second-order valence-electron chi connectivity index (χ2n) is 13.6. The first kappa shape index (κ1) is 35.4. The third kappa shape index (κ3) is 9.23. The molecule has 4 aromatic carbocycles. The van der Waals surface area contributed by atoms with E-state index in [2.05, 4.69) is 52.7 Å². The zero-order chi connectivity index (χ0) is 35.6. The molecule has 2 aliphatic heterocycles. The van der Waals surface area contributed by atoms with E-state index in [-0.39, 0.29) is 18.0 Å². The Morgan fingerprint density at radius 3 is 2.78 bits per heavy atom. The van der Waals surface area contributed by atoms with Gasteiger partial charge in [-0.1, -0.05) is 54.8 Å². The van der Waals surface area contributed by atoms with E-state index in [9.17, 15) is 9.90 Å². The van der Waals surface area contributed by atoms with Crippen molar-refractivity contribution in [2.75, 3.05) is 19.5 Å². The maximum absolute atomic E-state index is 13.5. The summed E-state index contributed by atoms with van der Waals surface area (Å²) in [6.07, 6.45) is 14.7. The lowest BCUT2D eigenvalue weighted by Crippen LogP contribution is -2.35. The van der Waals surface area contributed by atoms with Gasteiger partial charge in [0.2, 0.25) is 0 Å². The number of allylic oxidation sites excluding steroid dienone is 1. The number of fused-ring (bicyclic) bond motifs is 7.